The van der Waals surface area contributed by atoms with E-state index in [4.69, 9.17) is 9.47 Å². The number of ether oxygens (including phenoxy) is 2. The summed E-state index contributed by atoms with van der Waals surface area (Å²) in [6, 6.07) is 2.15. The number of hydrogen-bond acceptors (Lipinski definition) is 3. The van der Waals surface area contributed by atoms with Crippen LogP contribution >= 0.6 is 0 Å². The molecule has 1 fully saturated rings. The van der Waals surface area contributed by atoms with Gasteiger partial charge in [-0.3, -0.25) is 4.79 Å². The maximum absolute atomic E-state index is 11.9. The fourth-order valence-electron chi connectivity index (χ4n) is 4.61. The first-order valence-corrected chi connectivity index (χ1v) is 10.0. The minimum Gasteiger partial charge on any atom is -0.487 e. The van der Waals surface area contributed by atoms with Crippen molar-refractivity contribution in [3.8, 4) is 11.5 Å². The molecule has 0 saturated heterocycles. The quantitative estimate of drug-likeness (QED) is 0.467. The molecule has 26 heavy (non-hydrogen) atoms. The summed E-state index contributed by atoms with van der Waals surface area (Å²) in [6.07, 6.45) is 6.97. The van der Waals surface area contributed by atoms with E-state index in [1.54, 1.807) is 0 Å². The third-order valence-electron chi connectivity index (χ3n) is 5.74. The van der Waals surface area contributed by atoms with Crippen LogP contribution in [0.4, 0.5) is 0 Å². The van der Waals surface area contributed by atoms with Gasteiger partial charge in [0.1, 0.15) is 17.1 Å². The number of carbonyl (C=O) groups is 1. The lowest BCUT2D eigenvalue weighted by Gasteiger charge is -2.32. The van der Waals surface area contributed by atoms with Crippen LogP contribution < -0.4 is 9.47 Å². The van der Waals surface area contributed by atoms with Crippen molar-refractivity contribution < 1.29 is 14.3 Å². The Hall–Kier alpha value is -1.51. The largest absolute Gasteiger partial charge is 0.487 e. The molecular weight excluding hydrogens is 324 g/mol. The van der Waals surface area contributed by atoms with Crippen LogP contribution in [0.5, 0.6) is 11.5 Å². The first-order valence-electron chi connectivity index (χ1n) is 10.0. The highest BCUT2D eigenvalue weighted by Gasteiger charge is 2.44. The van der Waals surface area contributed by atoms with Crippen molar-refractivity contribution in [2.24, 2.45) is 0 Å². The highest BCUT2D eigenvalue weighted by Crippen LogP contribution is 2.52. The van der Waals surface area contributed by atoms with Crippen LogP contribution in [-0.4, -0.2) is 11.6 Å². The average molecular weight is 359 g/mol. The topological polar surface area (TPSA) is 35.5 Å². The summed E-state index contributed by atoms with van der Waals surface area (Å²) in [5.74, 6) is 1.51. The fraction of sp³-hybridized carbons (Fsp3) is 0.696. The van der Waals surface area contributed by atoms with E-state index >= 15 is 0 Å². The van der Waals surface area contributed by atoms with Gasteiger partial charge in [-0.2, -0.15) is 0 Å². The molecule has 0 radical (unpaired) electrons. The van der Waals surface area contributed by atoms with Crippen LogP contribution in [-0.2, 0) is 22.0 Å². The molecule has 1 aromatic carbocycles. The van der Waals surface area contributed by atoms with Crippen LogP contribution in [0.1, 0.15) is 97.3 Å². The Labute approximate surface area is 158 Å². The zero-order valence-corrected chi connectivity index (χ0v) is 17.5. The van der Waals surface area contributed by atoms with E-state index in [0.717, 1.165) is 41.9 Å². The van der Waals surface area contributed by atoms with E-state index in [1.807, 2.05) is 0 Å². The molecule has 3 rings (SSSR count). The molecule has 144 valence electrons. The van der Waals surface area contributed by atoms with Gasteiger partial charge in [-0.25, -0.2) is 0 Å². The summed E-state index contributed by atoms with van der Waals surface area (Å²) in [7, 11) is 0. The Balaban J connectivity index is 2.23. The first kappa shape index (κ1) is 19.3. The standard InChI is InChI=1S/C23H34O3/c1-15(24)25-20-17(21(2,3)4)13-18-16(19(20)22(5,6)7)14-23(26-18)11-9-8-10-12-23/h13H,8-12,14H2,1-7H3. The maximum Gasteiger partial charge on any atom is 0.308 e. The molecule has 0 atom stereocenters. The molecule has 0 N–H and O–H groups in total. The predicted molar refractivity (Wildman–Crippen MR) is 105 cm³/mol. The minimum atomic E-state index is -0.257. The Morgan fingerprint density at radius 2 is 1.65 bits per heavy atom. The van der Waals surface area contributed by atoms with Gasteiger partial charge in [-0.05, 0) is 42.6 Å². The Morgan fingerprint density at radius 3 is 2.15 bits per heavy atom. The van der Waals surface area contributed by atoms with Gasteiger partial charge in [0.2, 0.25) is 0 Å². The van der Waals surface area contributed by atoms with Gasteiger partial charge in [-0.15, -0.1) is 0 Å². The van der Waals surface area contributed by atoms with Gasteiger partial charge in [-0.1, -0.05) is 48.0 Å². The zero-order chi connectivity index (χ0) is 19.3. The van der Waals surface area contributed by atoms with Gasteiger partial charge in [0.15, 0.2) is 0 Å². The molecule has 0 unspecified atom stereocenters. The van der Waals surface area contributed by atoms with E-state index in [2.05, 4.69) is 47.6 Å². The minimum absolute atomic E-state index is 0.0510. The van der Waals surface area contributed by atoms with E-state index in [-0.39, 0.29) is 22.4 Å². The number of carbonyl (C=O) groups excluding carboxylic acids is 1. The van der Waals surface area contributed by atoms with E-state index < -0.39 is 0 Å². The summed E-state index contributed by atoms with van der Waals surface area (Å²) in [6.45, 7) is 14.6. The number of benzene rings is 1. The van der Waals surface area contributed by atoms with E-state index in [0.29, 0.717) is 0 Å². The van der Waals surface area contributed by atoms with Gasteiger partial charge in [0, 0.05) is 30.0 Å². The second-order valence-electron chi connectivity index (χ2n) is 10.2. The molecule has 1 aliphatic carbocycles. The van der Waals surface area contributed by atoms with Crippen molar-refractivity contribution in [3.05, 3.63) is 22.8 Å². The maximum atomic E-state index is 11.9. The molecule has 1 aromatic rings. The van der Waals surface area contributed by atoms with Crippen LogP contribution in [0.2, 0.25) is 0 Å². The van der Waals surface area contributed by atoms with Gasteiger partial charge >= 0.3 is 5.97 Å². The summed E-state index contributed by atoms with van der Waals surface area (Å²) in [5, 5.41) is 0. The highest BCUT2D eigenvalue weighted by atomic mass is 16.5. The van der Waals surface area contributed by atoms with Crippen molar-refractivity contribution in [1.82, 2.24) is 0 Å². The normalized spacial score (nSPS) is 19.2. The molecular formula is C23H34O3. The number of hydrogen-bond donors (Lipinski definition) is 0. The van der Waals surface area contributed by atoms with Gasteiger partial charge in [0.25, 0.3) is 0 Å². The molecule has 3 nitrogen and oxygen atoms in total. The average Bonchev–Trinajstić information content (AvgIpc) is 2.81. The van der Waals surface area contributed by atoms with Crippen molar-refractivity contribution in [3.63, 3.8) is 0 Å². The van der Waals surface area contributed by atoms with Crippen molar-refractivity contribution >= 4 is 5.97 Å². The zero-order valence-electron chi connectivity index (χ0n) is 17.5. The van der Waals surface area contributed by atoms with Gasteiger partial charge < -0.3 is 9.47 Å². The predicted octanol–water partition coefficient (Wildman–Crippen LogP) is 5.84. The summed E-state index contributed by atoms with van der Waals surface area (Å²) >= 11 is 0. The lowest BCUT2D eigenvalue weighted by atomic mass is 9.74. The Kier molecular flexibility index (Phi) is 4.65. The molecule has 0 amide bonds. The van der Waals surface area contributed by atoms with Crippen LogP contribution in [0, 0.1) is 0 Å². The van der Waals surface area contributed by atoms with E-state index in [1.165, 1.54) is 31.7 Å². The molecule has 0 bridgehead atoms. The van der Waals surface area contributed by atoms with E-state index in [9.17, 15) is 4.79 Å². The summed E-state index contributed by atoms with van der Waals surface area (Å²) in [4.78, 5) is 11.9. The SMILES string of the molecule is CC(=O)Oc1c(C(C)(C)C)cc2c(c1C(C)(C)C)CC1(CCCCC1)O2. The van der Waals surface area contributed by atoms with Crippen molar-refractivity contribution in [2.75, 3.05) is 0 Å². The molecule has 1 spiro atoms. The second-order valence-corrected chi connectivity index (χ2v) is 10.2. The molecule has 3 heteroatoms. The summed E-state index contributed by atoms with van der Waals surface area (Å²) in [5.41, 5.74) is 3.15. The lowest BCUT2D eigenvalue weighted by Crippen LogP contribution is -2.36. The Morgan fingerprint density at radius 1 is 1.04 bits per heavy atom. The highest BCUT2D eigenvalue weighted by molar-refractivity contribution is 5.72. The van der Waals surface area contributed by atoms with Crippen LogP contribution in [0.3, 0.4) is 0 Å². The van der Waals surface area contributed by atoms with Crippen LogP contribution in [0.25, 0.3) is 0 Å². The second kappa shape index (κ2) is 6.28. The Bertz CT molecular complexity index is 710. The third-order valence-corrected chi connectivity index (χ3v) is 5.74. The summed E-state index contributed by atoms with van der Waals surface area (Å²) < 4.78 is 12.5. The third kappa shape index (κ3) is 3.50. The molecule has 1 heterocycles. The number of rotatable bonds is 1. The number of fused-ring (bicyclic) bond motifs is 1. The van der Waals surface area contributed by atoms with Gasteiger partial charge in [0.05, 0.1) is 0 Å². The molecule has 1 saturated carbocycles. The molecule has 0 aromatic heterocycles. The monoisotopic (exact) mass is 358 g/mol. The smallest absolute Gasteiger partial charge is 0.308 e. The van der Waals surface area contributed by atoms with Crippen molar-refractivity contribution in [1.29, 1.82) is 0 Å². The van der Waals surface area contributed by atoms with Crippen LogP contribution in [0.15, 0.2) is 6.07 Å². The molecule has 2 aliphatic rings. The lowest BCUT2D eigenvalue weighted by molar-refractivity contribution is -0.132. The first-order chi connectivity index (χ1) is 11.9. The fourth-order valence-corrected chi connectivity index (χ4v) is 4.61. The van der Waals surface area contributed by atoms with Crippen molar-refractivity contribution in [2.45, 2.75) is 103 Å². The molecule has 1 aliphatic heterocycles. The number of esters is 1.